The number of anilines is 1. The predicted molar refractivity (Wildman–Crippen MR) is 74.1 cm³/mol. The fraction of sp³-hybridized carbons (Fsp3) is 0.385. The minimum Gasteiger partial charge on any atom is -0.494 e. The molecule has 1 aromatic rings. The first-order chi connectivity index (χ1) is 9.97. The van der Waals surface area contributed by atoms with Crippen molar-refractivity contribution in [2.75, 3.05) is 19.0 Å². The van der Waals surface area contributed by atoms with Gasteiger partial charge in [0.2, 0.25) is 0 Å². The number of hydrogen-bond acceptors (Lipinski definition) is 6. The quantitative estimate of drug-likeness (QED) is 0.467. The first-order valence-corrected chi connectivity index (χ1v) is 6.25. The third kappa shape index (κ3) is 5.09. The molecule has 1 amide bonds. The second kappa shape index (κ2) is 7.83. The number of hydrogen-bond donors (Lipinski definition) is 1. The van der Waals surface area contributed by atoms with Gasteiger partial charge in [-0.3, -0.25) is 19.7 Å². The monoisotopic (exact) mass is 296 g/mol. The van der Waals surface area contributed by atoms with Crippen molar-refractivity contribution >= 4 is 23.3 Å². The first-order valence-electron chi connectivity index (χ1n) is 6.25. The maximum Gasteiger partial charge on any atom is 0.306 e. The molecule has 0 aromatic heterocycles. The van der Waals surface area contributed by atoms with Crippen LogP contribution in [0.2, 0.25) is 0 Å². The smallest absolute Gasteiger partial charge is 0.306 e. The second-order valence-corrected chi connectivity index (χ2v) is 4.10. The molecule has 8 nitrogen and oxygen atoms in total. The van der Waals surface area contributed by atoms with Crippen molar-refractivity contribution in [2.24, 2.45) is 0 Å². The van der Waals surface area contributed by atoms with Crippen molar-refractivity contribution in [2.45, 2.75) is 19.8 Å². The minimum atomic E-state index is -0.569. The van der Waals surface area contributed by atoms with Gasteiger partial charge in [-0.2, -0.15) is 0 Å². The summed E-state index contributed by atoms with van der Waals surface area (Å²) in [5.41, 5.74) is 0.110. The highest BCUT2D eigenvalue weighted by Crippen LogP contribution is 2.28. The summed E-state index contributed by atoms with van der Waals surface area (Å²) in [5, 5.41) is 13.1. The van der Waals surface area contributed by atoms with Gasteiger partial charge in [-0.25, -0.2) is 0 Å². The van der Waals surface area contributed by atoms with Crippen LogP contribution in [-0.4, -0.2) is 30.5 Å². The average Bonchev–Trinajstić information content (AvgIpc) is 2.45. The second-order valence-electron chi connectivity index (χ2n) is 4.10. The Morgan fingerprint density at radius 3 is 2.67 bits per heavy atom. The van der Waals surface area contributed by atoms with Crippen molar-refractivity contribution < 1.29 is 24.0 Å². The zero-order valence-electron chi connectivity index (χ0n) is 11.8. The third-order valence-corrected chi connectivity index (χ3v) is 2.49. The number of nitro benzene ring substituents is 1. The van der Waals surface area contributed by atoms with Crippen molar-refractivity contribution in [1.29, 1.82) is 0 Å². The summed E-state index contributed by atoms with van der Waals surface area (Å²) in [6.45, 7) is 1.40. The van der Waals surface area contributed by atoms with Gasteiger partial charge in [0.15, 0.2) is 6.61 Å². The number of methoxy groups -OCH3 is 1. The number of nitrogens with one attached hydrogen (secondary N) is 1. The zero-order chi connectivity index (χ0) is 15.8. The molecule has 0 saturated carbocycles. The standard InChI is InChI=1S/C13H16N2O6/c1-3-4-13(17)21-8-12(16)14-10-6-5-9(15(18)19)7-11(10)20-2/h5-7H,3-4,8H2,1-2H3,(H,14,16). The molecule has 1 rings (SSSR count). The maximum atomic E-state index is 11.6. The van der Waals surface area contributed by atoms with E-state index >= 15 is 0 Å². The van der Waals surface area contributed by atoms with Crippen LogP contribution in [-0.2, 0) is 14.3 Å². The molecule has 0 atom stereocenters. The van der Waals surface area contributed by atoms with Gasteiger partial charge >= 0.3 is 5.97 Å². The van der Waals surface area contributed by atoms with E-state index in [1.54, 1.807) is 0 Å². The van der Waals surface area contributed by atoms with E-state index in [1.807, 2.05) is 6.92 Å². The largest absolute Gasteiger partial charge is 0.494 e. The van der Waals surface area contributed by atoms with Crippen LogP contribution in [0.4, 0.5) is 11.4 Å². The van der Waals surface area contributed by atoms with Crippen molar-refractivity contribution in [3.8, 4) is 5.75 Å². The van der Waals surface area contributed by atoms with Crippen molar-refractivity contribution in [3.05, 3.63) is 28.3 Å². The summed E-state index contributed by atoms with van der Waals surface area (Å²) in [5.74, 6) is -0.854. The Morgan fingerprint density at radius 1 is 1.38 bits per heavy atom. The van der Waals surface area contributed by atoms with E-state index in [9.17, 15) is 19.7 Å². The number of esters is 1. The topological polar surface area (TPSA) is 108 Å². The van der Waals surface area contributed by atoms with Crippen LogP contribution in [0.1, 0.15) is 19.8 Å². The summed E-state index contributed by atoms with van der Waals surface area (Å²) in [7, 11) is 1.33. The minimum absolute atomic E-state index is 0.150. The lowest BCUT2D eigenvalue weighted by Gasteiger charge is -2.10. The Kier molecular flexibility index (Phi) is 6.12. The molecule has 0 unspecified atom stereocenters. The number of benzene rings is 1. The number of amides is 1. The predicted octanol–water partition coefficient (Wildman–Crippen LogP) is 1.89. The third-order valence-electron chi connectivity index (χ3n) is 2.49. The number of carbonyl (C=O) groups is 2. The number of non-ortho nitro benzene ring substituents is 1. The van der Waals surface area contributed by atoms with E-state index in [4.69, 9.17) is 9.47 Å². The molecule has 0 bridgehead atoms. The van der Waals surface area contributed by atoms with Gasteiger partial charge in [-0.15, -0.1) is 0 Å². The molecule has 0 spiro atoms. The van der Waals surface area contributed by atoms with E-state index < -0.39 is 23.4 Å². The highest BCUT2D eigenvalue weighted by atomic mass is 16.6. The lowest BCUT2D eigenvalue weighted by atomic mass is 10.2. The number of nitrogens with zero attached hydrogens (tertiary/aromatic N) is 1. The van der Waals surface area contributed by atoms with Gasteiger partial charge in [0.05, 0.1) is 23.8 Å². The Labute approximate surface area is 121 Å². The Morgan fingerprint density at radius 2 is 2.10 bits per heavy atom. The molecule has 21 heavy (non-hydrogen) atoms. The first kappa shape index (κ1) is 16.4. The van der Waals surface area contributed by atoms with E-state index in [2.05, 4.69) is 5.32 Å². The average molecular weight is 296 g/mol. The van der Waals surface area contributed by atoms with Crippen molar-refractivity contribution in [3.63, 3.8) is 0 Å². The molecule has 0 aliphatic heterocycles. The van der Waals surface area contributed by atoms with Crippen molar-refractivity contribution in [1.82, 2.24) is 0 Å². The van der Waals surface area contributed by atoms with Crippen LogP contribution in [0.5, 0.6) is 5.75 Å². The van der Waals surface area contributed by atoms with Gasteiger partial charge in [-0.05, 0) is 12.5 Å². The summed E-state index contributed by atoms with van der Waals surface area (Å²) >= 11 is 0. The van der Waals surface area contributed by atoms with E-state index in [0.29, 0.717) is 6.42 Å². The molecule has 0 aliphatic carbocycles. The molecule has 0 aliphatic rings. The summed E-state index contributed by atoms with van der Waals surface area (Å²) in [4.78, 5) is 32.8. The van der Waals surface area contributed by atoms with Crippen LogP contribution < -0.4 is 10.1 Å². The molecule has 8 heteroatoms. The Hall–Kier alpha value is -2.64. The highest BCUT2D eigenvalue weighted by Gasteiger charge is 2.14. The summed E-state index contributed by atoms with van der Waals surface area (Å²) in [6, 6.07) is 3.78. The van der Waals surface area contributed by atoms with Gasteiger partial charge < -0.3 is 14.8 Å². The number of carbonyl (C=O) groups excluding carboxylic acids is 2. The summed E-state index contributed by atoms with van der Waals surface area (Å²) in [6.07, 6.45) is 0.880. The lowest BCUT2D eigenvalue weighted by molar-refractivity contribution is -0.384. The number of rotatable bonds is 7. The highest BCUT2D eigenvalue weighted by molar-refractivity contribution is 5.94. The van der Waals surface area contributed by atoms with Gasteiger partial charge in [0, 0.05) is 12.5 Å². The van der Waals surface area contributed by atoms with Crippen LogP contribution in [0.3, 0.4) is 0 Å². The maximum absolute atomic E-state index is 11.6. The number of nitro groups is 1. The van der Waals surface area contributed by atoms with Crippen LogP contribution >= 0.6 is 0 Å². The molecule has 0 saturated heterocycles. The van der Waals surface area contributed by atoms with Gasteiger partial charge in [0.25, 0.3) is 11.6 Å². The SMILES string of the molecule is CCCC(=O)OCC(=O)Nc1ccc([N+](=O)[O-])cc1OC. The van der Waals surface area contributed by atoms with Gasteiger partial charge in [-0.1, -0.05) is 6.92 Å². The summed E-state index contributed by atoms with van der Waals surface area (Å²) < 4.78 is 9.73. The lowest BCUT2D eigenvalue weighted by Crippen LogP contribution is -2.21. The number of ether oxygens (including phenoxy) is 2. The molecule has 0 radical (unpaired) electrons. The molecule has 0 fully saturated rings. The molecular weight excluding hydrogens is 280 g/mol. The van der Waals surface area contributed by atoms with E-state index in [1.165, 1.54) is 25.3 Å². The molecular formula is C13H16N2O6. The molecule has 1 N–H and O–H groups in total. The van der Waals surface area contributed by atoms with Gasteiger partial charge in [0.1, 0.15) is 5.75 Å². The zero-order valence-corrected chi connectivity index (χ0v) is 11.8. The van der Waals surface area contributed by atoms with E-state index in [-0.39, 0.29) is 23.5 Å². The molecule has 1 aromatic carbocycles. The van der Waals surface area contributed by atoms with Crippen LogP contribution in [0.25, 0.3) is 0 Å². The van der Waals surface area contributed by atoms with Crippen LogP contribution in [0, 0.1) is 10.1 Å². The normalized spacial score (nSPS) is 9.81. The van der Waals surface area contributed by atoms with E-state index in [0.717, 1.165) is 0 Å². The molecule has 0 heterocycles. The Balaban J connectivity index is 2.67. The fourth-order valence-corrected chi connectivity index (χ4v) is 1.51. The van der Waals surface area contributed by atoms with Crippen LogP contribution in [0.15, 0.2) is 18.2 Å². The fourth-order valence-electron chi connectivity index (χ4n) is 1.51. The molecule has 114 valence electrons. The Bertz CT molecular complexity index is 543.